The number of hydrogen-bond donors (Lipinski definition) is 1. The minimum atomic E-state index is 0.480. The van der Waals surface area contributed by atoms with Gasteiger partial charge in [-0.15, -0.1) is 0 Å². The molecule has 1 aromatic heterocycles. The number of para-hydroxylation sites is 1. The maximum atomic E-state index is 5.49. The van der Waals surface area contributed by atoms with Crippen molar-refractivity contribution in [1.29, 1.82) is 0 Å². The number of benzene rings is 1. The number of fused-ring (bicyclic) bond motifs is 1. The van der Waals surface area contributed by atoms with Crippen molar-refractivity contribution in [3.63, 3.8) is 0 Å². The Labute approximate surface area is 131 Å². The molecule has 1 aliphatic rings. The molecule has 5 nitrogen and oxygen atoms in total. The van der Waals surface area contributed by atoms with Crippen LogP contribution in [0.4, 0.5) is 0 Å². The molecule has 1 atom stereocenters. The first-order valence-electron chi connectivity index (χ1n) is 8.08. The van der Waals surface area contributed by atoms with Crippen molar-refractivity contribution in [2.24, 2.45) is 0 Å². The van der Waals surface area contributed by atoms with Crippen LogP contribution >= 0.6 is 0 Å². The summed E-state index contributed by atoms with van der Waals surface area (Å²) in [5.74, 6) is 2.52. The van der Waals surface area contributed by atoms with E-state index in [9.17, 15) is 0 Å². The third-order valence-corrected chi connectivity index (χ3v) is 4.38. The minimum Gasteiger partial charge on any atom is -0.494 e. The van der Waals surface area contributed by atoms with Gasteiger partial charge in [0.05, 0.1) is 12.6 Å². The van der Waals surface area contributed by atoms with Gasteiger partial charge in [-0.1, -0.05) is 6.07 Å². The van der Waals surface area contributed by atoms with Gasteiger partial charge < -0.3 is 19.4 Å². The van der Waals surface area contributed by atoms with Crippen LogP contribution in [-0.2, 0) is 11.3 Å². The van der Waals surface area contributed by atoms with E-state index in [-0.39, 0.29) is 0 Å². The lowest BCUT2D eigenvalue weighted by Gasteiger charge is -2.23. The molecule has 3 rings (SSSR count). The van der Waals surface area contributed by atoms with Gasteiger partial charge in [0.25, 0.3) is 0 Å². The van der Waals surface area contributed by atoms with Crippen LogP contribution < -0.4 is 10.1 Å². The van der Waals surface area contributed by atoms with E-state index in [0.29, 0.717) is 5.92 Å². The third-order valence-electron chi connectivity index (χ3n) is 4.38. The molecule has 0 saturated carbocycles. The number of methoxy groups -OCH3 is 2. The first-order chi connectivity index (χ1) is 10.8. The average Bonchev–Trinajstić information content (AvgIpc) is 2.95. The second kappa shape index (κ2) is 7.11. The van der Waals surface area contributed by atoms with Crippen molar-refractivity contribution in [3.05, 3.63) is 24.0 Å². The van der Waals surface area contributed by atoms with Gasteiger partial charge in [-0.2, -0.15) is 0 Å². The number of imidazole rings is 1. The highest BCUT2D eigenvalue weighted by Crippen LogP contribution is 2.31. The van der Waals surface area contributed by atoms with Crippen molar-refractivity contribution < 1.29 is 9.47 Å². The lowest BCUT2D eigenvalue weighted by atomic mass is 9.99. The Bertz CT molecular complexity index is 618. The highest BCUT2D eigenvalue weighted by atomic mass is 16.5. The van der Waals surface area contributed by atoms with Crippen molar-refractivity contribution in [2.45, 2.75) is 31.7 Å². The summed E-state index contributed by atoms with van der Waals surface area (Å²) in [4.78, 5) is 4.94. The molecule has 0 bridgehead atoms. The molecule has 2 aromatic rings. The Balaban J connectivity index is 2.01. The molecule has 0 aliphatic carbocycles. The zero-order chi connectivity index (χ0) is 15.4. The van der Waals surface area contributed by atoms with Gasteiger partial charge in [-0.3, -0.25) is 0 Å². The molecule has 2 heterocycles. The second-order valence-electron chi connectivity index (χ2n) is 5.84. The van der Waals surface area contributed by atoms with Gasteiger partial charge in [0.2, 0.25) is 0 Å². The lowest BCUT2D eigenvalue weighted by Crippen LogP contribution is -2.30. The van der Waals surface area contributed by atoms with Crippen LogP contribution in [0.5, 0.6) is 5.75 Å². The van der Waals surface area contributed by atoms with Gasteiger partial charge in [0.15, 0.2) is 0 Å². The summed E-state index contributed by atoms with van der Waals surface area (Å²) in [6.07, 6.45) is 3.40. The highest BCUT2D eigenvalue weighted by molar-refractivity contribution is 5.82. The highest BCUT2D eigenvalue weighted by Gasteiger charge is 2.23. The van der Waals surface area contributed by atoms with Crippen LogP contribution in [0.25, 0.3) is 11.0 Å². The van der Waals surface area contributed by atoms with Gasteiger partial charge >= 0.3 is 0 Å². The summed E-state index contributed by atoms with van der Waals surface area (Å²) in [5.41, 5.74) is 2.14. The van der Waals surface area contributed by atoms with E-state index < -0.39 is 0 Å². The Morgan fingerprint density at radius 2 is 2.27 bits per heavy atom. The quantitative estimate of drug-likeness (QED) is 0.833. The number of aromatic nitrogens is 2. The summed E-state index contributed by atoms with van der Waals surface area (Å²) in [6.45, 7) is 3.83. The van der Waals surface area contributed by atoms with Crippen molar-refractivity contribution in [1.82, 2.24) is 14.9 Å². The normalized spacial score (nSPS) is 18.7. The van der Waals surface area contributed by atoms with E-state index in [1.54, 1.807) is 14.2 Å². The molecule has 1 N–H and O–H groups in total. The van der Waals surface area contributed by atoms with E-state index in [2.05, 4.69) is 16.0 Å². The number of ether oxygens (including phenoxy) is 2. The smallest absolute Gasteiger partial charge is 0.146 e. The molecule has 0 spiro atoms. The molecule has 1 aliphatic heterocycles. The average molecular weight is 303 g/mol. The van der Waals surface area contributed by atoms with Crippen LogP contribution in [0.15, 0.2) is 18.2 Å². The summed E-state index contributed by atoms with van der Waals surface area (Å²) in [5, 5.41) is 3.49. The fourth-order valence-corrected chi connectivity index (χ4v) is 3.29. The molecule has 1 unspecified atom stereocenters. The van der Waals surface area contributed by atoms with E-state index >= 15 is 0 Å². The minimum absolute atomic E-state index is 0.480. The Hall–Kier alpha value is -1.59. The molecule has 22 heavy (non-hydrogen) atoms. The van der Waals surface area contributed by atoms with Crippen LogP contribution in [0.1, 0.15) is 31.0 Å². The topological polar surface area (TPSA) is 48.3 Å². The number of nitrogens with one attached hydrogen (secondary N) is 1. The molecule has 1 fully saturated rings. The number of hydrogen-bond acceptors (Lipinski definition) is 4. The third kappa shape index (κ3) is 2.96. The van der Waals surface area contributed by atoms with Gasteiger partial charge in [0.1, 0.15) is 17.1 Å². The fraction of sp³-hybridized carbons (Fsp3) is 0.588. The second-order valence-corrected chi connectivity index (χ2v) is 5.84. The van der Waals surface area contributed by atoms with E-state index in [1.807, 2.05) is 12.1 Å². The lowest BCUT2D eigenvalue weighted by molar-refractivity contribution is 0.190. The fourth-order valence-electron chi connectivity index (χ4n) is 3.29. The molecule has 1 aromatic carbocycles. The van der Waals surface area contributed by atoms with Crippen molar-refractivity contribution in [3.8, 4) is 5.75 Å². The predicted molar refractivity (Wildman–Crippen MR) is 87.6 cm³/mol. The van der Waals surface area contributed by atoms with Crippen LogP contribution in [0, 0.1) is 0 Å². The molecule has 5 heteroatoms. The zero-order valence-corrected chi connectivity index (χ0v) is 13.5. The summed E-state index contributed by atoms with van der Waals surface area (Å²) < 4.78 is 13.1. The van der Waals surface area contributed by atoms with Crippen LogP contribution in [-0.4, -0.2) is 43.5 Å². The van der Waals surface area contributed by atoms with Crippen LogP contribution in [0.2, 0.25) is 0 Å². The standard InChI is InChI=1S/C17H25N3O2/c1-21-11-5-10-20-14-7-3-8-15(22-2)16(14)19-17(20)13-6-4-9-18-12-13/h3,7-8,13,18H,4-6,9-12H2,1-2H3. The van der Waals surface area contributed by atoms with Crippen LogP contribution in [0.3, 0.4) is 0 Å². The predicted octanol–water partition coefficient (Wildman–Crippen LogP) is 2.55. The zero-order valence-electron chi connectivity index (χ0n) is 13.5. The summed E-state index contributed by atoms with van der Waals surface area (Å²) in [6, 6.07) is 6.16. The van der Waals surface area contributed by atoms with Crippen molar-refractivity contribution >= 4 is 11.0 Å². The number of rotatable bonds is 6. The maximum absolute atomic E-state index is 5.49. The Kier molecular flexibility index (Phi) is 4.95. The monoisotopic (exact) mass is 303 g/mol. The summed E-state index contributed by atoms with van der Waals surface area (Å²) >= 11 is 0. The molecular weight excluding hydrogens is 278 g/mol. The first-order valence-corrected chi connectivity index (χ1v) is 8.08. The molecule has 0 amide bonds. The molecule has 0 radical (unpaired) electrons. The van der Waals surface area contributed by atoms with Gasteiger partial charge in [-0.05, 0) is 37.9 Å². The first kappa shape index (κ1) is 15.3. The molecule has 1 saturated heterocycles. The van der Waals surface area contributed by atoms with Gasteiger partial charge in [0, 0.05) is 32.7 Å². The number of aryl methyl sites for hydroxylation is 1. The molecular formula is C17H25N3O2. The van der Waals surface area contributed by atoms with E-state index in [4.69, 9.17) is 14.5 Å². The maximum Gasteiger partial charge on any atom is 0.146 e. The number of nitrogens with zero attached hydrogens (tertiary/aromatic N) is 2. The van der Waals surface area contributed by atoms with Gasteiger partial charge in [-0.25, -0.2) is 4.98 Å². The number of piperidine rings is 1. The Morgan fingerprint density at radius 1 is 1.36 bits per heavy atom. The van der Waals surface area contributed by atoms with Crippen molar-refractivity contribution in [2.75, 3.05) is 33.9 Å². The SMILES string of the molecule is COCCCn1c(C2CCCNC2)nc2c(OC)cccc21. The Morgan fingerprint density at radius 3 is 3.00 bits per heavy atom. The summed E-state index contributed by atoms with van der Waals surface area (Å²) in [7, 11) is 3.46. The largest absolute Gasteiger partial charge is 0.494 e. The van der Waals surface area contributed by atoms with E-state index in [1.165, 1.54) is 18.7 Å². The van der Waals surface area contributed by atoms with E-state index in [0.717, 1.165) is 49.4 Å². The molecule has 120 valence electrons.